The van der Waals surface area contributed by atoms with Crippen molar-refractivity contribution in [1.82, 2.24) is 4.90 Å². The summed E-state index contributed by atoms with van der Waals surface area (Å²) >= 11 is 0. The SMILES string of the molecule is CC(=O)c1ccccc1OCCCN1CCC(CO)CC1(c1ccc(F)cc1)c1ccc(F)cc1. The number of hydrogen-bond acceptors (Lipinski definition) is 4. The topological polar surface area (TPSA) is 49.8 Å². The maximum absolute atomic E-state index is 13.8. The van der Waals surface area contributed by atoms with Gasteiger partial charge in [0.25, 0.3) is 0 Å². The van der Waals surface area contributed by atoms with E-state index in [9.17, 15) is 18.7 Å². The second kappa shape index (κ2) is 11.1. The van der Waals surface area contributed by atoms with Crippen molar-refractivity contribution in [3.8, 4) is 5.75 Å². The lowest BCUT2D eigenvalue weighted by Crippen LogP contribution is -2.53. The molecule has 0 aromatic heterocycles. The van der Waals surface area contributed by atoms with Crippen LogP contribution in [0.5, 0.6) is 5.75 Å². The van der Waals surface area contributed by atoms with E-state index in [4.69, 9.17) is 4.74 Å². The van der Waals surface area contributed by atoms with Crippen LogP contribution in [-0.2, 0) is 5.54 Å². The Labute approximate surface area is 205 Å². The van der Waals surface area contributed by atoms with Gasteiger partial charge in [-0.2, -0.15) is 0 Å². The number of ether oxygens (including phenoxy) is 1. The molecule has 35 heavy (non-hydrogen) atoms. The predicted molar refractivity (Wildman–Crippen MR) is 132 cm³/mol. The van der Waals surface area contributed by atoms with Crippen LogP contribution < -0.4 is 4.74 Å². The molecule has 4 rings (SSSR count). The van der Waals surface area contributed by atoms with Gasteiger partial charge in [-0.1, -0.05) is 36.4 Å². The second-order valence-corrected chi connectivity index (χ2v) is 9.16. The summed E-state index contributed by atoms with van der Waals surface area (Å²) in [5.41, 5.74) is 1.74. The van der Waals surface area contributed by atoms with Gasteiger partial charge in [-0.25, -0.2) is 8.78 Å². The molecule has 1 atom stereocenters. The molecule has 1 heterocycles. The molecule has 4 nitrogen and oxygen atoms in total. The Balaban J connectivity index is 1.61. The minimum atomic E-state index is -0.635. The van der Waals surface area contributed by atoms with E-state index in [-0.39, 0.29) is 29.9 Å². The van der Waals surface area contributed by atoms with Gasteiger partial charge in [0.05, 0.1) is 17.7 Å². The molecular weight excluding hydrogens is 448 g/mol. The Kier molecular flexibility index (Phi) is 7.93. The number of benzene rings is 3. The molecule has 0 bridgehead atoms. The van der Waals surface area contributed by atoms with Crippen molar-refractivity contribution >= 4 is 5.78 Å². The molecule has 1 unspecified atom stereocenters. The first kappa shape index (κ1) is 25.0. The average Bonchev–Trinajstić information content (AvgIpc) is 2.87. The molecule has 0 amide bonds. The number of aliphatic hydroxyl groups excluding tert-OH is 1. The quantitative estimate of drug-likeness (QED) is 0.321. The molecule has 0 spiro atoms. The van der Waals surface area contributed by atoms with E-state index in [1.54, 1.807) is 36.4 Å². The molecular formula is C29H31F2NO3. The fraction of sp³-hybridized carbons (Fsp3) is 0.345. The highest BCUT2D eigenvalue weighted by atomic mass is 19.1. The molecule has 0 radical (unpaired) electrons. The first-order valence-corrected chi connectivity index (χ1v) is 12.0. The van der Waals surface area contributed by atoms with Crippen molar-refractivity contribution in [2.75, 3.05) is 26.3 Å². The van der Waals surface area contributed by atoms with Gasteiger partial charge in [-0.05, 0) is 86.2 Å². The Morgan fingerprint density at radius 1 is 1.00 bits per heavy atom. The van der Waals surface area contributed by atoms with E-state index in [1.165, 1.54) is 31.2 Å². The molecule has 1 aliphatic rings. The summed E-state index contributed by atoms with van der Waals surface area (Å²) in [5.74, 6) is -0.0381. The van der Waals surface area contributed by atoms with Crippen LogP contribution in [0.25, 0.3) is 0 Å². The largest absolute Gasteiger partial charge is 0.493 e. The first-order chi connectivity index (χ1) is 16.9. The number of carbonyl (C=O) groups is 1. The van der Waals surface area contributed by atoms with Crippen LogP contribution in [0.3, 0.4) is 0 Å². The molecule has 3 aromatic carbocycles. The lowest BCUT2D eigenvalue weighted by molar-refractivity contribution is 0.0238. The molecule has 1 saturated heterocycles. The van der Waals surface area contributed by atoms with Crippen molar-refractivity contribution in [1.29, 1.82) is 0 Å². The van der Waals surface area contributed by atoms with E-state index in [0.29, 0.717) is 37.3 Å². The zero-order valence-electron chi connectivity index (χ0n) is 19.9. The van der Waals surface area contributed by atoms with E-state index in [1.807, 2.05) is 12.1 Å². The number of Topliss-reactive ketones (excluding diaryl/α,β-unsaturated/α-hetero) is 1. The lowest BCUT2D eigenvalue weighted by atomic mass is 9.71. The highest BCUT2D eigenvalue weighted by molar-refractivity contribution is 5.96. The second-order valence-electron chi connectivity index (χ2n) is 9.16. The summed E-state index contributed by atoms with van der Waals surface area (Å²) in [6, 6.07) is 20.1. The normalized spacial score (nSPS) is 17.8. The summed E-state index contributed by atoms with van der Waals surface area (Å²) in [5, 5.41) is 10.0. The minimum absolute atomic E-state index is 0.0432. The zero-order chi connectivity index (χ0) is 24.8. The van der Waals surface area contributed by atoms with Gasteiger partial charge < -0.3 is 9.84 Å². The smallest absolute Gasteiger partial charge is 0.163 e. The number of para-hydroxylation sites is 1. The average molecular weight is 480 g/mol. The maximum Gasteiger partial charge on any atom is 0.163 e. The Hall–Kier alpha value is -3.09. The van der Waals surface area contributed by atoms with Gasteiger partial charge in [0.2, 0.25) is 0 Å². The first-order valence-electron chi connectivity index (χ1n) is 12.0. The molecule has 3 aromatic rings. The number of nitrogens with zero attached hydrogens (tertiary/aromatic N) is 1. The molecule has 1 fully saturated rings. The molecule has 6 heteroatoms. The standard InChI is InChI=1S/C29H31F2NO3/c1-21(34)27-5-2-3-6-28(27)35-18-4-16-32-17-15-22(20-33)19-29(32,23-7-11-25(30)12-8-23)24-9-13-26(31)14-10-24/h2-3,5-14,22,33H,4,15-20H2,1H3. The third-order valence-electron chi connectivity index (χ3n) is 6.93. The van der Waals surface area contributed by atoms with Crippen LogP contribution in [0.15, 0.2) is 72.8 Å². The van der Waals surface area contributed by atoms with E-state index < -0.39 is 5.54 Å². The Morgan fingerprint density at radius 2 is 1.60 bits per heavy atom. The van der Waals surface area contributed by atoms with Crippen molar-refractivity contribution in [3.63, 3.8) is 0 Å². The lowest BCUT2D eigenvalue weighted by Gasteiger charge is -2.50. The van der Waals surface area contributed by atoms with E-state index >= 15 is 0 Å². The van der Waals surface area contributed by atoms with Crippen LogP contribution >= 0.6 is 0 Å². The van der Waals surface area contributed by atoms with Gasteiger partial charge in [-0.15, -0.1) is 0 Å². The fourth-order valence-electron chi connectivity index (χ4n) is 5.18. The number of halogens is 2. The Bertz CT molecular complexity index is 1090. The summed E-state index contributed by atoms with van der Waals surface area (Å²) in [6.07, 6.45) is 2.16. The number of carbonyl (C=O) groups excluding carboxylic acids is 1. The van der Waals surface area contributed by atoms with Crippen LogP contribution in [-0.4, -0.2) is 42.1 Å². The third-order valence-corrected chi connectivity index (χ3v) is 6.93. The van der Waals surface area contributed by atoms with Crippen LogP contribution in [0.4, 0.5) is 8.78 Å². The monoisotopic (exact) mass is 479 g/mol. The number of rotatable bonds is 9. The van der Waals surface area contributed by atoms with Gasteiger partial charge in [0.15, 0.2) is 5.78 Å². The van der Waals surface area contributed by atoms with Crippen molar-refractivity contribution in [2.24, 2.45) is 5.92 Å². The van der Waals surface area contributed by atoms with Gasteiger partial charge in [0.1, 0.15) is 17.4 Å². The van der Waals surface area contributed by atoms with Gasteiger partial charge in [0, 0.05) is 13.2 Å². The summed E-state index contributed by atoms with van der Waals surface area (Å²) in [6.45, 7) is 3.41. The molecule has 0 saturated carbocycles. The van der Waals surface area contributed by atoms with Crippen molar-refractivity contribution < 1.29 is 23.4 Å². The van der Waals surface area contributed by atoms with E-state index in [0.717, 1.165) is 24.1 Å². The predicted octanol–water partition coefficient (Wildman–Crippen LogP) is 5.58. The number of piperidine rings is 1. The summed E-state index contributed by atoms with van der Waals surface area (Å²) in [7, 11) is 0. The summed E-state index contributed by atoms with van der Waals surface area (Å²) in [4.78, 5) is 14.2. The van der Waals surface area contributed by atoms with Crippen LogP contribution in [0.1, 0.15) is 47.7 Å². The van der Waals surface area contributed by atoms with Gasteiger partial charge in [-0.3, -0.25) is 9.69 Å². The summed E-state index contributed by atoms with van der Waals surface area (Å²) < 4.78 is 33.6. The van der Waals surface area contributed by atoms with Crippen molar-refractivity contribution in [2.45, 2.75) is 31.7 Å². The fourth-order valence-corrected chi connectivity index (χ4v) is 5.18. The van der Waals surface area contributed by atoms with E-state index in [2.05, 4.69) is 4.90 Å². The highest BCUT2D eigenvalue weighted by Crippen LogP contribution is 2.45. The zero-order valence-corrected chi connectivity index (χ0v) is 19.9. The number of ketones is 1. The number of hydrogen-bond donors (Lipinski definition) is 1. The molecule has 0 aliphatic carbocycles. The number of aliphatic hydroxyl groups is 1. The molecule has 1 N–H and O–H groups in total. The van der Waals surface area contributed by atoms with Crippen LogP contribution in [0, 0.1) is 17.6 Å². The molecule has 184 valence electrons. The molecule has 1 aliphatic heterocycles. The third kappa shape index (κ3) is 5.44. The minimum Gasteiger partial charge on any atom is -0.493 e. The van der Waals surface area contributed by atoms with Crippen molar-refractivity contribution in [3.05, 3.63) is 101 Å². The highest BCUT2D eigenvalue weighted by Gasteiger charge is 2.44. The Morgan fingerprint density at radius 3 is 2.17 bits per heavy atom. The number of likely N-dealkylation sites (tertiary alicyclic amines) is 1. The van der Waals surface area contributed by atoms with Gasteiger partial charge >= 0.3 is 0 Å². The maximum atomic E-state index is 13.8. The van der Waals surface area contributed by atoms with Crippen LogP contribution in [0.2, 0.25) is 0 Å².